The number of hydrogen-bond donors (Lipinski definition) is 1. The van der Waals surface area contributed by atoms with Gasteiger partial charge in [-0.1, -0.05) is 12.1 Å². The van der Waals surface area contributed by atoms with Crippen LogP contribution in [-0.2, 0) is 0 Å². The van der Waals surface area contributed by atoms with Crippen molar-refractivity contribution in [3.63, 3.8) is 0 Å². The fraction of sp³-hybridized carbons (Fsp3) is 0.125. The number of fused-ring (bicyclic) bond motifs is 1. The van der Waals surface area contributed by atoms with E-state index in [-0.39, 0.29) is 17.5 Å². The van der Waals surface area contributed by atoms with Gasteiger partial charge < -0.3 is 5.32 Å². The van der Waals surface area contributed by atoms with Crippen molar-refractivity contribution >= 4 is 28.5 Å². The Kier molecular flexibility index (Phi) is 3.42. The monoisotopic (exact) mass is 294 g/mol. The maximum atomic E-state index is 12.4. The fourth-order valence-corrected chi connectivity index (χ4v) is 2.25. The van der Waals surface area contributed by atoms with Crippen LogP contribution in [0.15, 0.2) is 42.6 Å². The first-order valence-corrected chi connectivity index (χ1v) is 6.79. The van der Waals surface area contributed by atoms with Crippen molar-refractivity contribution in [2.45, 2.75) is 13.8 Å². The van der Waals surface area contributed by atoms with E-state index >= 15 is 0 Å². The Morgan fingerprint density at radius 1 is 1.18 bits per heavy atom. The quantitative estimate of drug-likeness (QED) is 0.788. The number of aromatic nitrogens is 3. The molecule has 0 fully saturated rings. The molecule has 0 saturated carbocycles. The molecule has 0 saturated heterocycles. The van der Waals surface area contributed by atoms with Gasteiger partial charge in [-0.2, -0.15) is 9.78 Å². The molecule has 110 valence electrons. The van der Waals surface area contributed by atoms with E-state index in [1.165, 1.54) is 6.92 Å². The zero-order chi connectivity index (χ0) is 15.7. The third kappa shape index (κ3) is 2.46. The smallest absolute Gasteiger partial charge is 0.276 e. The van der Waals surface area contributed by atoms with Crippen LogP contribution < -0.4 is 5.32 Å². The van der Waals surface area contributed by atoms with Crippen LogP contribution >= 0.6 is 0 Å². The molecule has 2 heterocycles. The van der Waals surface area contributed by atoms with E-state index in [1.54, 1.807) is 24.4 Å². The molecule has 1 amide bonds. The minimum Gasteiger partial charge on any atom is -0.321 e. The van der Waals surface area contributed by atoms with Gasteiger partial charge in [0.2, 0.25) is 5.91 Å². The third-order valence-corrected chi connectivity index (χ3v) is 3.23. The summed E-state index contributed by atoms with van der Waals surface area (Å²) in [4.78, 5) is 28.2. The van der Waals surface area contributed by atoms with Gasteiger partial charge in [0.1, 0.15) is 0 Å². The molecule has 6 nitrogen and oxygen atoms in total. The first kappa shape index (κ1) is 13.9. The molecule has 1 N–H and O–H groups in total. The van der Waals surface area contributed by atoms with Crippen molar-refractivity contribution in [3.8, 4) is 0 Å². The van der Waals surface area contributed by atoms with E-state index in [0.717, 1.165) is 10.2 Å². The number of aryl methyl sites for hydroxylation is 1. The predicted molar refractivity (Wildman–Crippen MR) is 83.0 cm³/mol. The van der Waals surface area contributed by atoms with Crippen molar-refractivity contribution in [3.05, 3.63) is 53.9 Å². The van der Waals surface area contributed by atoms with Crippen LogP contribution in [0.3, 0.4) is 0 Å². The molecule has 0 radical (unpaired) electrons. The van der Waals surface area contributed by atoms with E-state index in [0.29, 0.717) is 16.7 Å². The van der Waals surface area contributed by atoms with Gasteiger partial charge in [0.15, 0.2) is 11.3 Å². The maximum Gasteiger partial charge on any atom is 0.276 e. The summed E-state index contributed by atoms with van der Waals surface area (Å²) in [6.45, 7) is 3.32. The lowest BCUT2D eigenvalue weighted by molar-refractivity contribution is 0.0925. The molecule has 6 heteroatoms. The van der Waals surface area contributed by atoms with Crippen LogP contribution in [0.2, 0.25) is 0 Å². The summed E-state index contributed by atoms with van der Waals surface area (Å²) in [5.41, 5.74) is 2.28. The van der Waals surface area contributed by atoms with E-state index in [1.807, 2.05) is 25.1 Å². The molecule has 0 aliphatic carbocycles. The summed E-state index contributed by atoms with van der Waals surface area (Å²) in [5.74, 6) is -0.665. The normalized spacial score (nSPS) is 10.6. The maximum absolute atomic E-state index is 12.4. The number of anilines is 1. The van der Waals surface area contributed by atoms with Crippen molar-refractivity contribution < 1.29 is 9.59 Å². The average Bonchev–Trinajstić information content (AvgIpc) is 2.87. The lowest BCUT2D eigenvalue weighted by atomic mass is 10.2. The van der Waals surface area contributed by atoms with Crippen LogP contribution in [0.5, 0.6) is 0 Å². The van der Waals surface area contributed by atoms with Crippen LogP contribution in [0.25, 0.3) is 11.0 Å². The zero-order valence-electron chi connectivity index (χ0n) is 12.2. The second kappa shape index (κ2) is 5.40. The second-order valence-corrected chi connectivity index (χ2v) is 4.98. The zero-order valence-corrected chi connectivity index (χ0v) is 12.2. The summed E-state index contributed by atoms with van der Waals surface area (Å²) in [6, 6.07) is 10.9. The Morgan fingerprint density at radius 2 is 2.00 bits per heavy atom. The van der Waals surface area contributed by atoms with E-state index < -0.39 is 0 Å². The molecule has 0 unspecified atom stereocenters. The van der Waals surface area contributed by atoms with Gasteiger partial charge in [0.05, 0.1) is 5.39 Å². The lowest BCUT2D eigenvalue weighted by Gasteiger charge is -2.04. The second-order valence-electron chi connectivity index (χ2n) is 4.98. The Morgan fingerprint density at radius 3 is 2.73 bits per heavy atom. The molecule has 3 rings (SSSR count). The van der Waals surface area contributed by atoms with Gasteiger partial charge in [-0.05, 0) is 36.8 Å². The van der Waals surface area contributed by atoms with Gasteiger partial charge in [0, 0.05) is 18.8 Å². The molecule has 0 aliphatic heterocycles. The fourth-order valence-electron chi connectivity index (χ4n) is 2.25. The highest BCUT2D eigenvalue weighted by Crippen LogP contribution is 2.18. The number of carbonyl (C=O) groups excluding carboxylic acids is 2. The average molecular weight is 294 g/mol. The predicted octanol–water partition coefficient (Wildman–Crippen LogP) is 2.65. The van der Waals surface area contributed by atoms with Crippen LogP contribution in [0, 0.1) is 6.92 Å². The Hall–Kier alpha value is -3.02. The van der Waals surface area contributed by atoms with Crippen LogP contribution in [0.4, 0.5) is 5.69 Å². The van der Waals surface area contributed by atoms with Gasteiger partial charge in [-0.15, -0.1) is 0 Å². The van der Waals surface area contributed by atoms with E-state index in [9.17, 15) is 9.59 Å². The minimum atomic E-state index is -0.372. The van der Waals surface area contributed by atoms with Gasteiger partial charge in [-0.3, -0.25) is 9.59 Å². The van der Waals surface area contributed by atoms with E-state index in [4.69, 9.17) is 0 Å². The van der Waals surface area contributed by atoms with Crippen molar-refractivity contribution in [2.75, 3.05) is 5.32 Å². The summed E-state index contributed by atoms with van der Waals surface area (Å²) in [7, 11) is 0. The Balaban J connectivity index is 2.02. The standard InChI is InChI=1S/C16H14N4O2/c1-10-5-3-6-12(9-10)18-16(22)14-13-7-4-8-17-15(13)20(19-14)11(2)21/h3-9H,1-2H3,(H,18,22). The number of pyridine rings is 1. The first-order valence-electron chi connectivity index (χ1n) is 6.79. The molecule has 0 atom stereocenters. The summed E-state index contributed by atoms with van der Waals surface area (Å²) in [6.07, 6.45) is 1.56. The number of nitrogens with zero attached hydrogens (tertiary/aromatic N) is 3. The number of amides is 1. The molecule has 2 aromatic heterocycles. The van der Waals surface area contributed by atoms with Gasteiger partial charge >= 0.3 is 0 Å². The Bertz CT molecular complexity index is 883. The third-order valence-electron chi connectivity index (χ3n) is 3.23. The summed E-state index contributed by atoms with van der Waals surface area (Å²) >= 11 is 0. The molecule has 0 aliphatic rings. The first-order chi connectivity index (χ1) is 10.6. The highest BCUT2D eigenvalue weighted by molar-refractivity contribution is 6.11. The Labute approximate surface area is 126 Å². The largest absolute Gasteiger partial charge is 0.321 e. The van der Waals surface area contributed by atoms with Crippen molar-refractivity contribution in [1.82, 2.24) is 14.8 Å². The molecule has 22 heavy (non-hydrogen) atoms. The van der Waals surface area contributed by atoms with Gasteiger partial charge in [-0.25, -0.2) is 4.98 Å². The van der Waals surface area contributed by atoms with Crippen LogP contribution in [-0.4, -0.2) is 26.6 Å². The van der Waals surface area contributed by atoms with E-state index in [2.05, 4.69) is 15.4 Å². The molecule has 3 aromatic rings. The summed E-state index contributed by atoms with van der Waals surface area (Å²) in [5, 5.41) is 7.43. The van der Waals surface area contributed by atoms with Crippen LogP contribution in [0.1, 0.15) is 27.8 Å². The van der Waals surface area contributed by atoms with Crippen molar-refractivity contribution in [2.24, 2.45) is 0 Å². The summed E-state index contributed by atoms with van der Waals surface area (Å²) < 4.78 is 1.14. The number of hydrogen-bond acceptors (Lipinski definition) is 4. The lowest BCUT2D eigenvalue weighted by Crippen LogP contribution is -2.15. The molecule has 1 aromatic carbocycles. The number of nitrogens with one attached hydrogen (secondary N) is 1. The van der Waals surface area contributed by atoms with Gasteiger partial charge in [0.25, 0.3) is 5.91 Å². The number of rotatable bonds is 2. The van der Waals surface area contributed by atoms with Crippen molar-refractivity contribution in [1.29, 1.82) is 0 Å². The highest BCUT2D eigenvalue weighted by atomic mass is 16.2. The molecule has 0 bridgehead atoms. The molecular formula is C16H14N4O2. The topological polar surface area (TPSA) is 76.9 Å². The molecular weight excluding hydrogens is 280 g/mol. The number of carbonyl (C=O) groups is 2. The SMILES string of the molecule is CC(=O)n1nc(C(=O)Nc2cccc(C)c2)c2cccnc21. The highest BCUT2D eigenvalue weighted by Gasteiger charge is 2.19. The molecule has 0 spiro atoms. The number of benzene rings is 1. The minimum absolute atomic E-state index is 0.180.